The van der Waals surface area contributed by atoms with Gasteiger partial charge in [-0.25, -0.2) is 0 Å². The Morgan fingerprint density at radius 3 is 2.50 bits per heavy atom. The van der Waals surface area contributed by atoms with E-state index < -0.39 is 11.9 Å². The zero-order valence-corrected chi connectivity index (χ0v) is 13.0. The molecule has 0 unspecified atom stereocenters. The predicted molar refractivity (Wildman–Crippen MR) is 82.5 cm³/mol. The van der Waals surface area contributed by atoms with Crippen LogP contribution < -0.4 is 15.0 Å². The van der Waals surface area contributed by atoms with Gasteiger partial charge in [-0.2, -0.15) is 0 Å². The van der Waals surface area contributed by atoms with Crippen molar-refractivity contribution in [2.24, 2.45) is 0 Å². The zero-order valence-electron chi connectivity index (χ0n) is 13.0. The Bertz CT molecular complexity index is 531. The van der Waals surface area contributed by atoms with E-state index in [9.17, 15) is 9.59 Å². The molecule has 22 heavy (non-hydrogen) atoms. The molecule has 0 radical (unpaired) electrons. The van der Waals surface area contributed by atoms with Crippen molar-refractivity contribution >= 4 is 17.6 Å². The van der Waals surface area contributed by atoms with Crippen LogP contribution in [0.1, 0.15) is 19.4 Å². The fourth-order valence-corrected chi connectivity index (χ4v) is 1.93. The molecule has 0 bridgehead atoms. The molecule has 0 fully saturated rings. The molecule has 1 aromatic carbocycles. The maximum absolute atomic E-state index is 10.8. The van der Waals surface area contributed by atoms with Crippen molar-refractivity contribution in [1.82, 2.24) is 5.32 Å². The molecule has 7 heteroatoms. The van der Waals surface area contributed by atoms with Gasteiger partial charge in [0, 0.05) is 13.6 Å². The van der Waals surface area contributed by atoms with Crippen molar-refractivity contribution in [2.45, 2.75) is 26.5 Å². The molecule has 1 rings (SSSR count). The summed E-state index contributed by atoms with van der Waals surface area (Å²) in [4.78, 5) is 22.9. The normalized spacial score (nSPS) is 10.5. The first-order valence-electron chi connectivity index (χ1n) is 6.94. The lowest BCUT2D eigenvalue weighted by molar-refractivity contribution is -0.136. The largest absolute Gasteiger partial charge is 0.489 e. The van der Waals surface area contributed by atoms with Crippen LogP contribution in [0.25, 0.3) is 0 Å². The number of hydrogen-bond acceptors (Lipinski definition) is 5. The summed E-state index contributed by atoms with van der Waals surface area (Å²) in [5.41, 5.74) is 1.54. The van der Waals surface area contributed by atoms with E-state index in [0.29, 0.717) is 18.0 Å². The van der Waals surface area contributed by atoms with Crippen molar-refractivity contribution < 1.29 is 24.5 Å². The Labute approximate surface area is 129 Å². The van der Waals surface area contributed by atoms with E-state index in [2.05, 4.69) is 5.32 Å². The maximum Gasteiger partial charge on any atom is 0.323 e. The monoisotopic (exact) mass is 310 g/mol. The number of carboxylic acids is 2. The molecule has 1 aromatic rings. The molecule has 0 saturated carbocycles. The SMILES string of the molecule is CC(C)Oc1cc(CNCC(=O)O)ccc1N(C)CC(=O)O. The van der Waals surface area contributed by atoms with Gasteiger partial charge in [-0.15, -0.1) is 0 Å². The van der Waals surface area contributed by atoms with Crippen LogP contribution in [-0.2, 0) is 16.1 Å². The first kappa shape index (κ1) is 17.8. The molecule has 0 saturated heterocycles. The van der Waals surface area contributed by atoms with Gasteiger partial charge in [0.05, 0.1) is 18.3 Å². The van der Waals surface area contributed by atoms with E-state index >= 15 is 0 Å². The van der Waals surface area contributed by atoms with Crippen LogP contribution in [-0.4, -0.2) is 48.4 Å². The Balaban J connectivity index is 2.92. The summed E-state index contributed by atoms with van der Waals surface area (Å²) in [6.07, 6.45) is -0.0563. The third kappa shape index (κ3) is 6.01. The lowest BCUT2D eigenvalue weighted by Crippen LogP contribution is -2.26. The number of benzene rings is 1. The Morgan fingerprint density at radius 1 is 1.27 bits per heavy atom. The lowest BCUT2D eigenvalue weighted by atomic mass is 10.1. The number of ether oxygens (including phenoxy) is 1. The molecule has 0 aliphatic rings. The van der Waals surface area contributed by atoms with Gasteiger partial charge < -0.3 is 25.2 Å². The number of anilines is 1. The number of carbonyl (C=O) groups is 2. The van der Waals surface area contributed by atoms with E-state index in [1.165, 1.54) is 0 Å². The van der Waals surface area contributed by atoms with E-state index in [0.717, 1.165) is 5.56 Å². The van der Waals surface area contributed by atoms with E-state index in [1.54, 1.807) is 24.1 Å². The number of aliphatic carboxylic acids is 2. The summed E-state index contributed by atoms with van der Waals surface area (Å²) in [6, 6.07) is 5.39. The van der Waals surface area contributed by atoms with E-state index in [4.69, 9.17) is 14.9 Å². The van der Waals surface area contributed by atoms with Crippen molar-refractivity contribution in [3.63, 3.8) is 0 Å². The van der Waals surface area contributed by atoms with Gasteiger partial charge in [0.1, 0.15) is 12.3 Å². The Hall–Kier alpha value is -2.28. The summed E-state index contributed by atoms with van der Waals surface area (Å²) in [5, 5.41) is 20.3. The number of hydrogen-bond donors (Lipinski definition) is 3. The van der Waals surface area contributed by atoms with Crippen LogP contribution in [0.5, 0.6) is 5.75 Å². The fourth-order valence-electron chi connectivity index (χ4n) is 1.93. The molecule has 0 aliphatic heterocycles. The summed E-state index contributed by atoms with van der Waals surface area (Å²) in [6.45, 7) is 3.91. The molecular formula is C15H22N2O5. The first-order chi connectivity index (χ1) is 10.3. The third-order valence-electron chi connectivity index (χ3n) is 2.78. The second-order valence-electron chi connectivity index (χ2n) is 5.22. The highest BCUT2D eigenvalue weighted by Gasteiger charge is 2.13. The zero-order chi connectivity index (χ0) is 16.7. The number of carboxylic acid groups (broad SMARTS) is 2. The summed E-state index contributed by atoms with van der Waals surface area (Å²) in [5.74, 6) is -1.27. The van der Waals surface area contributed by atoms with Crippen molar-refractivity contribution in [3.05, 3.63) is 23.8 Å². The maximum atomic E-state index is 10.8. The molecular weight excluding hydrogens is 288 g/mol. The lowest BCUT2D eigenvalue weighted by Gasteiger charge is -2.22. The molecule has 0 aromatic heterocycles. The van der Waals surface area contributed by atoms with Crippen LogP contribution in [0.2, 0.25) is 0 Å². The number of rotatable bonds is 9. The molecule has 0 spiro atoms. The van der Waals surface area contributed by atoms with Gasteiger partial charge >= 0.3 is 11.9 Å². The topological polar surface area (TPSA) is 99.1 Å². The quantitative estimate of drug-likeness (QED) is 0.629. The van der Waals surface area contributed by atoms with Gasteiger partial charge in [-0.3, -0.25) is 9.59 Å². The van der Waals surface area contributed by atoms with Gasteiger partial charge in [0.2, 0.25) is 0 Å². The van der Waals surface area contributed by atoms with Gasteiger partial charge in [-0.05, 0) is 31.5 Å². The Morgan fingerprint density at radius 2 is 1.95 bits per heavy atom. The standard InChI is InChI=1S/C15H22N2O5/c1-10(2)22-13-6-11(7-16-8-14(18)19)4-5-12(13)17(3)9-15(20)21/h4-6,10,16H,7-9H2,1-3H3,(H,18,19)(H,20,21). The van der Waals surface area contributed by atoms with Crippen LogP contribution >= 0.6 is 0 Å². The predicted octanol–water partition coefficient (Wildman–Crippen LogP) is 1.17. The second-order valence-corrected chi connectivity index (χ2v) is 5.22. The molecule has 122 valence electrons. The number of likely N-dealkylation sites (N-methyl/N-ethyl adjacent to an activating group) is 1. The summed E-state index contributed by atoms with van der Waals surface area (Å²) >= 11 is 0. The van der Waals surface area contributed by atoms with Crippen LogP contribution in [0, 0.1) is 0 Å². The average Bonchev–Trinajstić information content (AvgIpc) is 2.36. The van der Waals surface area contributed by atoms with Crippen LogP contribution in [0.4, 0.5) is 5.69 Å². The van der Waals surface area contributed by atoms with Gasteiger partial charge in [0.25, 0.3) is 0 Å². The third-order valence-corrected chi connectivity index (χ3v) is 2.78. The smallest absolute Gasteiger partial charge is 0.323 e. The van der Waals surface area contributed by atoms with Crippen molar-refractivity contribution in [3.8, 4) is 5.75 Å². The first-order valence-corrected chi connectivity index (χ1v) is 6.94. The molecule has 3 N–H and O–H groups in total. The molecule has 0 amide bonds. The van der Waals surface area contributed by atoms with E-state index in [1.807, 2.05) is 19.9 Å². The summed E-state index contributed by atoms with van der Waals surface area (Å²) in [7, 11) is 1.68. The minimum absolute atomic E-state index is 0.0563. The molecule has 0 aliphatic carbocycles. The number of nitrogens with one attached hydrogen (secondary N) is 1. The summed E-state index contributed by atoms with van der Waals surface area (Å²) < 4.78 is 5.74. The van der Waals surface area contributed by atoms with Gasteiger partial charge in [-0.1, -0.05) is 6.07 Å². The van der Waals surface area contributed by atoms with Crippen molar-refractivity contribution in [1.29, 1.82) is 0 Å². The van der Waals surface area contributed by atoms with Crippen LogP contribution in [0.3, 0.4) is 0 Å². The molecule has 7 nitrogen and oxygen atoms in total. The average molecular weight is 310 g/mol. The highest BCUT2D eigenvalue weighted by molar-refractivity contribution is 5.75. The molecule has 0 heterocycles. The van der Waals surface area contributed by atoms with Crippen molar-refractivity contribution in [2.75, 3.05) is 25.0 Å². The minimum atomic E-state index is -0.926. The minimum Gasteiger partial charge on any atom is -0.489 e. The second kappa shape index (κ2) is 8.23. The highest BCUT2D eigenvalue weighted by Crippen LogP contribution is 2.29. The fraction of sp³-hybridized carbons (Fsp3) is 0.467. The Kier molecular flexibility index (Phi) is 6.65. The van der Waals surface area contributed by atoms with Crippen LogP contribution in [0.15, 0.2) is 18.2 Å². The number of nitrogens with zero attached hydrogens (tertiary/aromatic N) is 1. The molecule has 0 atom stereocenters. The van der Waals surface area contributed by atoms with E-state index in [-0.39, 0.29) is 19.2 Å². The highest BCUT2D eigenvalue weighted by atomic mass is 16.5. The van der Waals surface area contributed by atoms with Gasteiger partial charge in [0.15, 0.2) is 0 Å².